The lowest BCUT2D eigenvalue weighted by Gasteiger charge is -2.41. The Kier molecular flexibility index (Phi) is 4.65. The van der Waals surface area contributed by atoms with Crippen LogP contribution in [0.1, 0.15) is 43.6 Å². The van der Waals surface area contributed by atoms with Crippen molar-refractivity contribution in [2.75, 3.05) is 7.05 Å². The highest BCUT2D eigenvalue weighted by atomic mass is 16.4. The standard InChI is InChI=1S/C18H22N2O5/c1-12-13(19-16(25-12)14-7-6-10-24-14)11-15(21)20(2)18(17(22)23)8-4-3-5-9-18/h6-7,10H,3-5,8-9,11H2,1-2H3,(H,22,23). The number of rotatable bonds is 5. The van der Waals surface area contributed by atoms with Gasteiger partial charge < -0.3 is 18.8 Å². The normalized spacial score (nSPS) is 16.6. The van der Waals surface area contributed by atoms with Crippen LogP contribution in [-0.4, -0.2) is 39.5 Å². The molecule has 3 rings (SSSR count). The van der Waals surface area contributed by atoms with Gasteiger partial charge in [-0.2, -0.15) is 0 Å². The van der Waals surface area contributed by atoms with Gasteiger partial charge in [0, 0.05) is 7.05 Å². The van der Waals surface area contributed by atoms with E-state index >= 15 is 0 Å². The third-order valence-corrected chi connectivity index (χ3v) is 5.04. The maximum Gasteiger partial charge on any atom is 0.329 e. The van der Waals surface area contributed by atoms with E-state index in [1.165, 1.54) is 11.2 Å². The minimum absolute atomic E-state index is 0.00156. The molecule has 1 amide bonds. The number of aromatic nitrogens is 1. The molecule has 1 N–H and O–H groups in total. The van der Waals surface area contributed by atoms with Gasteiger partial charge in [0.15, 0.2) is 5.76 Å². The van der Waals surface area contributed by atoms with Crippen LogP contribution in [0.3, 0.4) is 0 Å². The van der Waals surface area contributed by atoms with E-state index < -0.39 is 11.5 Å². The number of hydrogen-bond acceptors (Lipinski definition) is 5. The number of aliphatic carboxylic acids is 1. The second-order valence-electron chi connectivity index (χ2n) is 6.53. The average molecular weight is 346 g/mol. The number of oxazole rings is 1. The van der Waals surface area contributed by atoms with E-state index in [9.17, 15) is 14.7 Å². The fraction of sp³-hybridized carbons (Fsp3) is 0.500. The molecule has 0 saturated heterocycles. The van der Waals surface area contributed by atoms with Crippen LogP contribution in [0.2, 0.25) is 0 Å². The van der Waals surface area contributed by atoms with E-state index in [1.807, 2.05) is 0 Å². The highest BCUT2D eigenvalue weighted by molar-refractivity contribution is 5.88. The number of carbonyl (C=O) groups is 2. The number of carboxylic acids is 1. The van der Waals surface area contributed by atoms with Crippen molar-refractivity contribution in [1.29, 1.82) is 0 Å². The molecule has 25 heavy (non-hydrogen) atoms. The number of nitrogens with zero attached hydrogens (tertiary/aromatic N) is 2. The molecule has 0 aliphatic heterocycles. The largest absolute Gasteiger partial charge is 0.479 e. The van der Waals surface area contributed by atoms with Crippen molar-refractivity contribution in [2.45, 2.75) is 51.0 Å². The molecule has 7 heteroatoms. The topological polar surface area (TPSA) is 96.8 Å². The van der Waals surface area contributed by atoms with Crippen LogP contribution in [0.15, 0.2) is 27.2 Å². The summed E-state index contributed by atoms with van der Waals surface area (Å²) < 4.78 is 10.8. The molecule has 0 radical (unpaired) electrons. The molecule has 1 aliphatic carbocycles. The second-order valence-corrected chi connectivity index (χ2v) is 6.53. The maximum atomic E-state index is 12.7. The quantitative estimate of drug-likeness (QED) is 0.894. The predicted octanol–water partition coefficient (Wildman–Crippen LogP) is 3.03. The molecule has 2 aromatic rings. The number of carbonyl (C=O) groups excluding carboxylic acids is 1. The van der Waals surface area contributed by atoms with Crippen LogP contribution in [-0.2, 0) is 16.0 Å². The van der Waals surface area contributed by atoms with Gasteiger partial charge in [0.1, 0.15) is 11.3 Å². The summed E-state index contributed by atoms with van der Waals surface area (Å²) in [6.07, 6.45) is 5.13. The summed E-state index contributed by atoms with van der Waals surface area (Å²) in [6.45, 7) is 1.73. The summed E-state index contributed by atoms with van der Waals surface area (Å²) in [6, 6.07) is 3.46. The summed E-state index contributed by atoms with van der Waals surface area (Å²) in [5, 5.41) is 9.72. The highest BCUT2D eigenvalue weighted by Crippen LogP contribution is 2.34. The minimum atomic E-state index is -1.11. The Morgan fingerprint density at radius 1 is 1.32 bits per heavy atom. The van der Waals surface area contributed by atoms with Crippen molar-refractivity contribution in [3.63, 3.8) is 0 Å². The van der Waals surface area contributed by atoms with Crippen LogP contribution >= 0.6 is 0 Å². The van der Waals surface area contributed by atoms with Crippen molar-refractivity contribution in [1.82, 2.24) is 9.88 Å². The highest BCUT2D eigenvalue weighted by Gasteiger charge is 2.45. The Hall–Kier alpha value is -2.57. The molecule has 0 bridgehead atoms. The first-order chi connectivity index (χ1) is 11.9. The van der Waals surface area contributed by atoms with Crippen molar-refractivity contribution < 1.29 is 23.5 Å². The summed E-state index contributed by atoms with van der Waals surface area (Å²) in [5.74, 6) is 0.132. The van der Waals surface area contributed by atoms with Crippen molar-refractivity contribution in [3.05, 3.63) is 29.9 Å². The smallest absolute Gasteiger partial charge is 0.329 e. The molecular formula is C18H22N2O5. The molecule has 1 fully saturated rings. The first kappa shape index (κ1) is 17.3. The Labute approximate surface area is 145 Å². The molecule has 134 valence electrons. The zero-order valence-corrected chi connectivity index (χ0v) is 14.4. The van der Waals surface area contributed by atoms with Crippen LogP contribution in [0.4, 0.5) is 0 Å². The van der Waals surface area contributed by atoms with E-state index in [2.05, 4.69) is 4.98 Å². The lowest BCUT2D eigenvalue weighted by Crippen LogP contribution is -2.56. The van der Waals surface area contributed by atoms with Gasteiger partial charge in [0.25, 0.3) is 5.89 Å². The number of likely N-dealkylation sites (N-methyl/N-ethyl adjacent to an activating group) is 1. The van der Waals surface area contributed by atoms with Gasteiger partial charge in [-0.05, 0) is 31.9 Å². The number of hydrogen-bond donors (Lipinski definition) is 1. The van der Waals surface area contributed by atoms with E-state index in [4.69, 9.17) is 8.83 Å². The van der Waals surface area contributed by atoms with Crippen molar-refractivity contribution in [2.24, 2.45) is 0 Å². The Morgan fingerprint density at radius 3 is 2.64 bits per heavy atom. The second kappa shape index (κ2) is 6.74. The number of aryl methyl sites for hydroxylation is 1. The first-order valence-electron chi connectivity index (χ1n) is 8.44. The predicted molar refractivity (Wildman–Crippen MR) is 88.9 cm³/mol. The van der Waals surface area contributed by atoms with Crippen molar-refractivity contribution in [3.8, 4) is 11.7 Å². The molecule has 1 saturated carbocycles. The maximum absolute atomic E-state index is 12.7. The van der Waals surface area contributed by atoms with Gasteiger partial charge in [-0.3, -0.25) is 4.79 Å². The fourth-order valence-electron chi connectivity index (χ4n) is 3.43. The zero-order chi connectivity index (χ0) is 18.0. The number of carboxylic acid groups (broad SMARTS) is 1. The summed E-state index contributed by atoms with van der Waals surface area (Å²) >= 11 is 0. The fourth-order valence-corrected chi connectivity index (χ4v) is 3.43. The van der Waals surface area contributed by atoms with E-state index in [-0.39, 0.29) is 12.3 Å². The van der Waals surface area contributed by atoms with Crippen LogP contribution < -0.4 is 0 Å². The van der Waals surface area contributed by atoms with E-state index in [1.54, 1.807) is 26.1 Å². The Bertz CT molecular complexity index is 757. The number of amides is 1. The van der Waals surface area contributed by atoms with Crippen LogP contribution in [0.25, 0.3) is 11.7 Å². The SMILES string of the molecule is Cc1oc(-c2ccco2)nc1CC(=O)N(C)C1(C(=O)O)CCCCC1. The third-order valence-electron chi connectivity index (χ3n) is 5.04. The molecule has 1 aliphatic rings. The monoisotopic (exact) mass is 346 g/mol. The molecule has 0 aromatic carbocycles. The lowest BCUT2D eigenvalue weighted by molar-refractivity contribution is -0.160. The van der Waals surface area contributed by atoms with Gasteiger partial charge in [-0.15, -0.1) is 0 Å². The molecule has 0 atom stereocenters. The summed E-state index contributed by atoms with van der Waals surface area (Å²) in [5.41, 5.74) is -0.615. The Balaban J connectivity index is 1.78. The molecule has 2 heterocycles. The van der Waals surface area contributed by atoms with Crippen molar-refractivity contribution >= 4 is 11.9 Å². The first-order valence-corrected chi connectivity index (χ1v) is 8.44. The van der Waals surface area contributed by atoms with Gasteiger partial charge in [-0.1, -0.05) is 19.3 Å². The lowest BCUT2D eigenvalue weighted by atomic mass is 9.80. The molecule has 2 aromatic heterocycles. The number of furan rings is 1. The van der Waals surface area contributed by atoms with Gasteiger partial charge in [-0.25, -0.2) is 9.78 Å². The van der Waals surface area contributed by atoms with E-state index in [0.29, 0.717) is 35.9 Å². The average Bonchev–Trinajstić information content (AvgIpc) is 3.25. The minimum Gasteiger partial charge on any atom is -0.479 e. The molecular weight excluding hydrogens is 324 g/mol. The molecule has 7 nitrogen and oxygen atoms in total. The van der Waals surface area contributed by atoms with Gasteiger partial charge in [0.2, 0.25) is 5.91 Å². The van der Waals surface area contributed by atoms with Crippen LogP contribution in [0, 0.1) is 6.92 Å². The van der Waals surface area contributed by atoms with Crippen LogP contribution in [0.5, 0.6) is 0 Å². The Morgan fingerprint density at radius 2 is 2.04 bits per heavy atom. The molecule has 0 unspecified atom stereocenters. The zero-order valence-electron chi connectivity index (χ0n) is 14.4. The summed E-state index contributed by atoms with van der Waals surface area (Å²) in [7, 11) is 1.57. The molecule has 0 spiro atoms. The van der Waals surface area contributed by atoms with E-state index in [0.717, 1.165) is 19.3 Å². The van der Waals surface area contributed by atoms with Gasteiger partial charge in [0.05, 0.1) is 18.4 Å². The summed E-state index contributed by atoms with van der Waals surface area (Å²) in [4.78, 5) is 30.3. The van der Waals surface area contributed by atoms with Gasteiger partial charge >= 0.3 is 5.97 Å². The third kappa shape index (κ3) is 3.18.